The van der Waals surface area contributed by atoms with E-state index in [2.05, 4.69) is 20.6 Å². The first-order chi connectivity index (χ1) is 15.9. The van der Waals surface area contributed by atoms with Gasteiger partial charge >= 0.3 is 0 Å². The Bertz CT molecular complexity index is 1120. The van der Waals surface area contributed by atoms with Crippen LogP contribution in [-0.2, 0) is 0 Å². The Labute approximate surface area is 196 Å². The lowest BCUT2D eigenvalue weighted by Gasteiger charge is -2.22. The van der Waals surface area contributed by atoms with E-state index in [9.17, 15) is 13.6 Å². The normalized spacial score (nSPS) is 15.5. The summed E-state index contributed by atoms with van der Waals surface area (Å²) in [7, 11) is 1.90. The van der Waals surface area contributed by atoms with Gasteiger partial charge in [0.05, 0.1) is 17.8 Å². The van der Waals surface area contributed by atoms with E-state index in [1.165, 1.54) is 12.0 Å². The number of amides is 1. The van der Waals surface area contributed by atoms with Crippen LogP contribution in [-0.4, -0.2) is 40.2 Å². The quantitative estimate of drug-likeness (QED) is 0.467. The maximum Gasteiger partial charge on any atom is 0.253 e. The van der Waals surface area contributed by atoms with Crippen LogP contribution in [0.2, 0.25) is 6.82 Å². The predicted molar refractivity (Wildman–Crippen MR) is 128 cm³/mol. The minimum Gasteiger partial charge on any atom is -0.402 e. The van der Waals surface area contributed by atoms with Crippen molar-refractivity contribution in [1.82, 2.24) is 19.8 Å². The van der Waals surface area contributed by atoms with Crippen LogP contribution in [0.5, 0.6) is 0 Å². The van der Waals surface area contributed by atoms with Crippen molar-refractivity contribution < 1.29 is 13.6 Å². The lowest BCUT2D eigenvalue weighted by Crippen LogP contribution is -2.29. The van der Waals surface area contributed by atoms with E-state index in [1.54, 1.807) is 17.5 Å². The molecule has 0 aliphatic heterocycles. The van der Waals surface area contributed by atoms with Gasteiger partial charge < -0.3 is 15.1 Å². The molecular formula is C23H25BF2N5OS. The Morgan fingerprint density at radius 3 is 2.61 bits per heavy atom. The molecule has 0 spiro atoms. The zero-order valence-electron chi connectivity index (χ0n) is 18.4. The predicted octanol–water partition coefficient (Wildman–Crippen LogP) is 5.22. The average molecular weight is 468 g/mol. The summed E-state index contributed by atoms with van der Waals surface area (Å²) >= 11 is 1.55. The fourth-order valence-corrected chi connectivity index (χ4v) is 3.81. The number of halogens is 2. The van der Waals surface area contributed by atoms with Gasteiger partial charge in [0.2, 0.25) is 13.3 Å². The third kappa shape index (κ3) is 6.50. The number of hydrogen-bond donors (Lipinski definition) is 2. The molecule has 3 heterocycles. The molecule has 0 saturated heterocycles. The van der Waals surface area contributed by atoms with E-state index in [4.69, 9.17) is 0 Å². The van der Waals surface area contributed by atoms with Gasteiger partial charge in [-0.2, -0.15) is 0 Å². The minimum absolute atomic E-state index is 0.0758. The van der Waals surface area contributed by atoms with Crippen molar-refractivity contribution in [3.8, 4) is 11.4 Å². The highest BCUT2D eigenvalue weighted by atomic mass is 32.1. The van der Waals surface area contributed by atoms with Crippen molar-refractivity contribution in [2.24, 2.45) is 0 Å². The number of nitrogens with zero attached hydrogens (tertiary/aromatic N) is 3. The summed E-state index contributed by atoms with van der Waals surface area (Å²) in [5.74, 6) is -2.33. The summed E-state index contributed by atoms with van der Waals surface area (Å²) in [6, 6.07) is 7.61. The molecule has 3 aromatic rings. The summed E-state index contributed by atoms with van der Waals surface area (Å²) in [5, 5.41) is 9.26. The van der Waals surface area contributed by atoms with Gasteiger partial charge in [0.15, 0.2) is 5.13 Å². The number of aromatic nitrogens is 3. The molecule has 0 bridgehead atoms. The molecule has 2 saturated carbocycles. The molecule has 2 aliphatic carbocycles. The molecule has 33 heavy (non-hydrogen) atoms. The number of alkyl halides is 2. The first kappa shape index (κ1) is 23.2. The van der Waals surface area contributed by atoms with Crippen LogP contribution in [0.4, 0.5) is 13.9 Å². The Morgan fingerprint density at radius 1 is 1.24 bits per heavy atom. The van der Waals surface area contributed by atoms with Gasteiger partial charge in [0.25, 0.3) is 5.91 Å². The SMILES string of the molecule is C[B]n1ccc(C(=O)NCC(Nc2nc(-c3ccccn3)cs2)=C2CCC2)c1.FC1(F)CC1. The molecule has 2 aliphatic rings. The summed E-state index contributed by atoms with van der Waals surface area (Å²) in [6.07, 6.45) is 9.02. The molecule has 2 N–H and O–H groups in total. The largest absolute Gasteiger partial charge is 0.402 e. The number of nitrogens with one attached hydrogen (secondary N) is 2. The zero-order chi connectivity index (χ0) is 23.3. The summed E-state index contributed by atoms with van der Waals surface area (Å²) < 4.78 is 24.1. The lowest BCUT2D eigenvalue weighted by molar-refractivity contribution is 0.0957. The maximum atomic E-state index is 12.4. The highest BCUT2D eigenvalue weighted by molar-refractivity contribution is 7.14. The number of hydrogen-bond acceptors (Lipinski definition) is 5. The minimum atomic E-state index is -2.25. The molecule has 1 radical (unpaired) electrons. The molecule has 2 fully saturated rings. The molecular weight excluding hydrogens is 443 g/mol. The molecule has 171 valence electrons. The van der Waals surface area contributed by atoms with Crippen molar-refractivity contribution in [2.45, 2.75) is 44.8 Å². The van der Waals surface area contributed by atoms with E-state index in [0.717, 1.165) is 35.1 Å². The first-order valence-electron chi connectivity index (χ1n) is 10.9. The van der Waals surface area contributed by atoms with Gasteiger partial charge in [-0.3, -0.25) is 9.78 Å². The van der Waals surface area contributed by atoms with Gasteiger partial charge in [0.1, 0.15) is 5.69 Å². The standard InChI is InChI=1S/C20H21BN5OS.C3H4F2/c1-21-26-10-8-15(12-26)19(27)23-11-17(14-5-4-6-14)24-20-25-18(13-28-20)16-7-2-3-9-22-16;4-3(5)1-2-3/h2-3,7-10,12-13H,4-6,11H2,1H3,(H,23,27)(H,24,25);1-2H2. The second-order valence-corrected chi connectivity index (χ2v) is 8.82. The number of pyridine rings is 1. The van der Waals surface area contributed by atoms with Gasteiger partial charge in [-0.25, -0.2) is 13.8 Å². The zero-order valence-corrected chi connectivity index (χ0v) is 19.2. The van der Waals surface area contributed by atoms with E-state index < -0.39 is 5.92 Å². The summed E-state index contributed by atoms with van der Waals surface area (Å²) in [4.78, 5) is 21.4. The van der Waals surface area contributed by atoms with E-state index in [1.807, 2.05) is 60.8 Å². The Kier molecular flexibility index (Phi) is 7.22. The van der Waals surface area contributed by atoms with E-state index >= 15 is 0 Å². The molecule has 3 aromatic heterocycles. The van der Waals surface area contributed by atoms with Gasteiger partial charge in [-0.1, -0.05) is 12.9 Å². The third-order valence-corrected chi connectivity index (χ3v) is 6.16. The third-order valence-electron chi connectivity index (χ3n) is 5.40. The van der Waals surface area contributed by atoms with Crippen LogP contribution in [0.15, 0.2) is 59.5 Å². The highest BCUT2D eigenvalue weighted by Crippen LogP contribution is 2.40. The van der Waals surface area contributed by atoms with Crippen LogP contribution in [0.1, 0.15) is 42.5 Å². The number of rotatable bonds is 7. The lowest BCUT2D eigenvalue weighted by atomic mass is 9.90. The summed E-state index contributed by atoms with van der Waals surface area (Å²) in [6.45, 7) is 2.39. The smallest absolute Gasteiger partial charge is 0.253 e. The average Bonchev–Trinajstić information content (AvgIpc) is 3.18. The molecule has 6 nitrogen and oxygen atoms in total. The van der Waals surface area contributed by atoms with Gasteiger partial charge in [-0.15, -0.1) is 11.3 Å². The van der Waals surface area contributed by atoms with Crippen molar-refractivity contribution in [3.05, 3.63) is 65.1 Å². The number of carbonyl (C=O) groups excluding carboxylic acids is 1. The second kappa shape index (κ2) is 10.3. The Balaban J connectivity index is 0.000000459. The van der Waals surface area contributed by atoms with Crippen molar-refractivity contribution >= 4 is 29.8 Å². The molecule has 0 aromatic carbocycles. The Morgan fingerprint density at radius 2 is 2.03 bits per heavy atom. The van der Waals surface area contributed by atoms with Crippen molar-refractivity contribution in [1.29, 1.82) is 0 Å². The summed E-state index contributed by atoms with van der Waals surface area (Å²) in [5.41, 5.74) is 4.77. The Hall–Kier alpha value is -3.01. The van der Waals surface area contributed by atoms with E-state index in [0.29, 0.717) is 12.1 Å². The van der Waals surface area contributed by atoms with Crippen LogP contribution < -0.4 is 10.6 Å². The van der Waals surface area contributed by atoms with Crippen LogP contribution in [0, 0.1) is 0 Å². The topological polar surface area (TPSA) is 71.8 Å². The second-order valence-electron chi connectivity index (χ2n) is 7.96. The van der Waals surface area contributed by atoms with Gasteiger partial charge in [0, 0.05) is 36.3 Å². The molecule has 0 atom stereocenters. The molecule has 10 heteroatoms. The number of carbonyl (C=O) groups is 1. The number of thiazole rings is 1. The molecule has 5 rings (SSSR count). The van der Waals surface area contributed by atoms with Crippen LogP contribution >= 0.6 is 11.3 Å². The fraction of sp³-hybridized carbons (Fsp3) is 0.348. The maximum absolute atomic E-state index is 12.4. The van der Waals surface area contributed by atoms with Crippen LogP contribution in [0.25, 0.3) is 11.4 Å². The number of anilines is 1. The molecule has 1 amide bonds. The first-order valence-corrected chi connectivity index (χ1v) is 11.8. The van der Waals surface area contributed by atoms with Gasteiger partial charge in [-0.05, 0) is 49.2 Å². The highest BCUT2D eigenvalue weighted by Gasteiger charge is 2.43. The number of allylic oxidation sites excluding steroid dienone is 1. The van der Waals surface area contributed by atoms with E-state index in [-0.39, 0.29) is 18.7 Å². The van der Waals surface area contributed by atoms with Crippen molar-refractivity contribution in [3.63, 3.8) is 0 Å². The van der Waals surface area contributed by atoms with Crippen LogP contribution in [0.3, 0.4) is 0 Å². The fourth-order valence-electron chi connectivity index (χ4n) is 3.08. The monoisotopic (exact) mass is 468 g/mol. The molecule has 0 unspecified atom stereocenters. The van der Waals surface area contributed by atoms with Crippen molar-refractivity contribution in [2.75, 3.05) is 11.9 Å².